The van der Waals surface area contributed by atoms with E-state index in [2.05, 4.69) is 10.1 Å². The van der Waals surface area contributed by atoms with Crippen LogP contribution in [0.5, 0.6) is 0 Å². The fraction of sp³-hybridized carbons (Fsp3) is 0.250. The van der Waals surface area contributed by atoms with E-state index in [9.17, 15) is 4.79 Å². The van der Waals surface area contributed by atoms with E-state index in [1.807, 2.05) is 12.1 Å². The van der Waals surface area contributed by atoms with Gasteiger partial charge in [0, 0.05) is 17.0 Å². The van der Waals surface area contributed by atoms with Gasteiger partial charge >= 0.3 is 0 Å². The summed E-state index contributed by atoms with van der Waals surface area (Å²) in [6.07, 6.45) is 0.407. The topological polar surface area (TPSA) is 47.8 Å². The molecule has 0 saturated heterocycles. The lowest BCUT2D eigenvalue weighted by atomic mass is 10.2. The molecular weight excluding hydrogens is 238 g/mol. The fourth-order valence-electron chi connectivity index (χ4n) is 1.50. The van der Waals surface area contributed by atoms with Crippen LogP contribution in [0, 0.1) is 6.92 Å². The molecule has 1 aromatic heterocycles. The molecule has 0 bridgehead atoms. The van der Waals surface area contributed by atoms with Crippen molar-refractivity contribution in [2.24, 2.45) is 0 Å². The molecule has 88 valence electrons. The molecule has 1 heterocycles. The van der Waals surface area contributed by atoms with Crippen molar-refractivity contribution in [1.29, 1.82) is 0 Å². The number of carbonyl (C=O) groups is 1. The van der Waals surface area contributed by atoms with Crippen LogP contribution in [-0.2, 0) is 0 Å². The van der Waals surface area contributed by atoms with Crippen LogP contribution in [0.15, 0.2) is 24.3 Å². The molecule has 2 rings (SSSR count). The van der Waals surface area contributed by atoms with Crippen LogP contribution in [0.2, 0.25) is 5.02 Å². The second-order valence-electron chi connectivity index (χ2n) is 3.65. The van der Waals surface area contributed by atoms with Gasteiger partial charge in [-0.3, -0.25) is 4.79 Å². The van der Waals surface area contributed by atoms with Gasteiger partial charge in [0.25, 0.3) is 0 Å². The van der Waals surface area contributed by atoms with Gasteiger partial charge in [-0.2, -0.15) is 4.68 Å². The predicted molar refractivity (Wildman–Crippen MR) is 66.1 cm³/mol. The van der Waals surface area contributed by atoms with Gasteiger partial charge in [-0.15, -0.1) is 5.10 Å². The van der Waals surface area contributed by atoms with E-state index >= 15 is 0 Å². The Morgan fingerprint density at radius 1 is 1.35 bits per heavy atom. The maximum Gasteiger partial charge on any atom is 0.248 e. The Morgan fingerprint density at radius 3 is 2.59 bits per heavy atom. The molecule has 0 saturated carbocycles. The molecule has 1 aromatic carbocycles. The average molecular weight is 250 g/mol. The van der Waals surface area contributed by atoms with E-state index in [1.54, 1.807) is 26.0 Å². The van der Waals surface area contributed by atoms with Crippen LogP contribution in [0.4, 0.5) is 0 Å². The summed E-state index contributed by atoms with van der Waals surface area (Å²) in [5.41, 5.74) is 0.847. The number of hydrogen-bond acceptors (Lipinski definition) is 3. The molecule has 0 aliphatic carbocycles. The van der Waals surface area contributed by atoms with Crippen molar-refractivity contribution in [3.63, 3.8) is 0 Å². The van der Waals surface area contributed by atoms with Gasteiger partial charge in [0.15, 0.2) is 5.82 Å². The molecule has 17 heavy (non-hydrogen) atoms. The number of carbonyl (C=O) groups excluding carboxylic acids is 1. The van der Waals surface area contributed by atoms with Gasteiger partial charge < -0.3 is 0 Å². The number of aryl methyl sites for hydroxylation is 1. The lowest BCUT2D eigenvalue weighted by molar-refractivity contribution is 0.0890. The summed E-state index contributed by atoms with van der Waals surface area (Å²) >= 11 is 5.81. The molecule has 2 aromatic rings. The van der Waals surface area contributed by atoms with E-state index in [0.29, 0.717) is 23.1 Å². The zero-order chi connectivity index (χ0) is 12.4. The van der Waals surface area contributed by atoms with Crippen molar-refractivity contribution in [3.05, 3.63) is 35.1 Å². The first-order valence-corrected chi connectivity index (χ1v) is 5.72. The zero-order valence-corrected chi connectivity index (χ0v) is 10.4. The monoisotopic (exact) mass is 249 g/mol. The number of benzene rings is 1. The molecule has 5 heteroatoms. The first kappa shape index (κ1) is 11.8. The summed E-state index contributed by atoms with van der Waals surface area (Å²) in [5.74, 6) is 1.08. The smallest absolute Gasteiger partial charge is 0.248 e. The highest BCUT2D eigenvalue weighted by Gasteiger charge is 2.12. The molecule has 0 fully saturated rings. The van der Waals surface area contributed by atoms with Crippen LogP contribution < -0.4 is 0 Å². The molecular formula is C12H12ClN3O. The predicted octanol–water partition coefficient (Wildman–Crippen LogP) is 2.96. The average Bonchev–Trinajstić information content (AvgIpc) is 2.71. The van der Waals surface area contributed by atoms with E-state index in [0.717, 1.165) is 5.56 Å². The number of halogens is 1. The Bertz CT molecular complexity index is 545. The van der Waals surface area contributed by atoms with E-state index in [1.165, 1.54) is 4.68 Å². The van der Waals surface area contributed by atoms with Crippen LogP contribution in [-0.4, -0.2) is 20.7 Å². The van der Waals surface area contributed by atoms with Crippen molar-refractivity contribution in [2.75, 3.05) is 0 Å². The molecule has 0 N–H and O–H groups in total. The lowest BCUT2D eigenvalue weighted by Gasteiger charge is -1.96. The first-order valence-electron chi connectivity index (χ1n) is 5.34. The van der Waals surface area contributed by atoms with Crippen molar-refractivity contribution in [3.8, 4) is 11.4 Å². The second kappa shape index (κ2) is 4.67. The third kappa shape index (κ3) is 2.36. The summed E-state index contributed by atoms with van der Waals surface area (Å²) in [7, 11) is 0. The van der Waals surface area contributed by atoms with E-state index in [-0.39, 0.29) is 5.91 Å². The summed E-state index contributed by atoms with van der Waals surface area (Å²) in [5, 5.41) is 4.85. The number of nitrogens with zero attached hydrogens (tertiary/aromatic N) is 3. The molecule has 4 nitrogen and oxygen atoms in total. The van der Waals surface area contributed by atoms with Gasteiger partial charge in [0.05, 0.1) is 0 Å². The summed E-state index contributed by atoms with van der Waals surface area (Å²) in [6, 6.07) is 7.21. The summed E-state index contributed by atoms with van der Waals surface area (Å²) in [4.78, 5) is 15.8. The van der Waals surface area contributed by atoms with Crippen LogP contribution in [0.1, 0.15) is 24.0 Å². The molecule has 0 atom stereocenters. The summed E-state index contributed by atoms with van der Waals surface area (Å²) < 4.78 is 1.34. The number of aromatic nitrogens is 3. The van der Waals surface area contributed by atoms with Crippen LogP contribution in [0.25, 0.3) is 11.4 Å². The molecule has 0 aliphatic rings. The van der Waals surface area contributed by atoms with Crippen LogP contribution in [0.3, 0.4) is 0 Å². The maximum absolute atomic E-state index is 11.6. The first-order chi connectivity index (χ1) is 8.11. The maximum atomic E-state index is 11.6. The summed E-state index contributed by atoms with van der Waals surface area (Å²) in [6.45, 7) is 3.56. The SMILES string of the molecule is CCC(=O)n1nc(-c2ccc(Cl)cc2)nc1C. The minimum absolute atomic E-state index is 0.0600. The second-order valence-corrected chi connectivity index (χ2v) is 4.09. The van der Waals surface area contributed by atoms with E-state index in [4.69, 9.17) is 11.6 Å². The Hall–Kier alpha value is -1.68. The largest absolute Gasteiger partial charge is 0.273 e. The molecule has 0 amide bonds. The van der Waals surface area contributed by atoms with Crippen LogP contribution >= 0.6 is 11.6 Å². The Labute approximate surface area is 104 Å². The highest BCUT2D eigenvalue weighted by molar-refractivity contribution is 6.30. The fourth-order valence-corrected chi connectivity index (χ4v) is 1.62. The highest BCUT2D eigenvalue weighted by atomic mass is 35.5. The van der Waals surface area contributed by atoms with Crippen molar-refractivity contribution in [1.82, 2.24) is 14.8 Å². The zero-order valence-electron chi connectivity index (χ0n) is 9.64. The Morgan fingerprint density at radius 2 is 2.00 bits per heavy atom. The quantitative estimate of drug-likeness (QED) is 0.822. The lowest BCUT2D eigenvalue weighted by Crippen LogP contribution is -2.12. The van der Waals surface area contributed by atoms with E-state index < -0.39 is 0 Å². The molecule has 0 spiro atoms. The minimum Gasteiger partial charge on any atom is -0.273 e. The normalized spacial score (nSPS) is 10.5. The van der Waals surface area contributed by atoms with Crippen molar-refractivity contribution < 1.29 is 4.79 Å². The van der Waals surface area contributed by atoms with Gasteiger partial charge in [0.2, 0.25) is 5.91 Å². The third-order valence-corrected chi connectivity index (χ3v) is 2.66. The number of hydrogen-bond donors (Lipinski definition) is 0. The third-order valence-electron chi connectivity index (χ3n) is 2.41. The van der Waals surface area contributed by atoms with Gasteiger partial charge in [-0.05, 0) is 31.2 Å². The standard InChI is InChI=1S/C12H12ClN3O/c1-3-11(17)16-8(2)14-12(15-16)9-4-6-10(13)7-5-9/h4-7H,3H2,1-2H3. The molecule has 0 aliphatic heterocycles. The van der Waals surface area contributed by atoms with Gasteiger partial charge in [-0.1, -0.05) is 18.5 Å². The highest BCUT2D eigenvalue weighted by Crippen LogP contribution is 2.18. The molecule has 0 radical (unpaired) electrons. The minimum atomic E-state index is -0.0600. The van der Waals surface area contributed by atoms with Crippen molar-refractivity contribution in [2.45, 2.75) is 20.3 Å². The van der Waals surface area contributed by atoms with Gasteiger partial charge in [-0.25, -0.2) is 4.98 Å². The number of rotatable bonds is 2. The van der Waals surface area contributed by atoms with Gasteiger partial charge in [0.1, 0.15) is 5.82 Å². The Balaban J connectivity index is 2.41. The Kier molecular flexibility index (Phi) is 3.24. The van der Waals surface area contributed by atoms with Crippen molar-refractivity contribution >= 4 is 17.5 Å². The molecule has 0 unspecified atom stereocenters.